The lowest BCUT2D eigenvalue weighted by Gasteiger charge is -2.09. The molecule has 0 amide bonds. The normalized spacial score (nSPS) is 10.3. The maximum atomic E-state index is 5.72. The Morgan fingerprint density at radius 3 is 2.33 bits per heavy atom. The molecule has 0 heterocycles. The highest BCUT2D eigenvalue weighted by atomic mass is 79.9. The van der Waals surface area contributed by atoms with E-state index in [0.717, 1.165) is 27.7 Å². The van der Waals surface area contributed by atoms with E-state index < -0.39 is 0 Å². The number of hydrogen-bond acceptors (Lipinski definition) is 1. The van der Waals surface area contributed by atoms with Gasteiger partial charge in [-0.3, -0.25) is 0 Å². The Hall–Kier alpha value is -0.0200. The molecule has 1 rings (SSSR count). The number of halogens is 2. The minimum absolute atomic E-state index is 0.793. The molecule has 0 aromatic heterocycles. The van der Waals surface area contributed by atoms with Gasteiger partial charge in [-0.25, -0.2) is 0 Å². The van der Waals surface area contributed by atoms with E-state index in [9.17, 15) is 0 Å². The molecule has 0 saturated heterocycles. The molecule has 0 atom stereocenters. The maximum Gasteiger partial charge on any atom is 0.147 e. The molecule has 0 radical (unpaired) electrons. The van der Waals surface area contributed by atoms with Gasteiger partial charge in [0.05, 0.1) is 15.6 Å². The third-order valence-electron chi connectivity index (χ3n) is 2.16. The first-order valence-corrected chi connectivity index (χ1v) is 6.91. The number of para-hydroxylation sites is 1. The molecule has 0 bridgehead atoms. The van der Waals surface area contributed by atoms with E-state index in [0.29, 0.717) is 0 Å². The molecule has 1 nitrogen and oxygen atoms in total. The van der Waals surface area contributed by atoms with Gasteiger partial charge in [0.1, 0.15) is 5.75 Å². The molecule has 0 saturated carbocycles. The fourth-order valence-electron chi connectivity index (χ4n) is 1.32. The van der Waals surface area contributed by atoms with Gasteiger partial charge >= 0.3 is 0 Å². The average Bonchev–Trinajstić information content (AvgIpc) is 2.21. The first-order chi connectivity index (χ1) is 7.25. The predicted octanol–water partition coefficient (Wildman–Crippen LogP) is 5.17. The summed E-state index contributed by atoms with van der Waals surface area (Å²) in [7, 11) is 0. The van der Waals surface area contributed by atoms with Crippen molar-refractivity contribution in [3.05, 3.63) is 27.1 Å². The molecule has 0 spiro atoms. The van der Waals surface area contributed by atoms with Crippen LogP contribution in [0, 0.1) is 0 Å². The van der Waals surface area contributed by atoms with Crippen LogP contribution in [0.1, 0.15) is 32.6 Å². The van der Waals surface area contributed by atoms with E-state index >= 15 is 0 Å². The second-order valence-electron chi connectivity index (χ2n) is 3.46. The van der Waals surface area contributed by atoms with Gasteiger partial charge < -0.3 is 4.74 Å². The Labute approximate surface area is 108 Å². The summed E-state index contributed by atoms with van der Waals surface area (Å²) < 4.78 is 7.73. The zero-order valence-corrected chi connectivity index (χ0v) is 12.1. The standard InChI is InChI=1S/C12H16Br2O/c1-2-3-4-5-9-15-12-10(13)7-6-8-11(12)14/h6-8H,2-5,9H2,1H3. The molecule has 0 aliphatic carbocycles. The Morgan fingerprint density at radius 1 is 1.07 bits per heavy atom. The van der Waals surface area contributed by atoms with Crippen LogP contribution in [0.5, 0.6) is 5.75 Å². The number of benzene rings is 1. The van der Waals surface area contributed by atoms with Crippen LogP contribution in [-0.4, -0.2) is 6.61 Å². The SMILES string of the molecule is CCCCCCOc1c(Br)cccc1Br. The van der Waals surface area contributed by atoms with Crippen molar-refractivity contribution in [1.82, 2.24) is 0 Å². The molecule has 1 aromatic carbocycles. The molecule has 15 heavy (non-hydrogen) atoms. The van der Waals surface area contributed by atoms with Crippen molar-refractivity contribution in [3.63, 3.8) is 0 Å². The average molecular weight is 336 g/mol. The van der Waals surface area contributed by atoms with Crippen molar-refractivity contribution in [2.24, 2.45) is 0 Å². The first kappa shape index (κ1) is 13.0. The quantitative estimate of drug-likeness (QED) is 0.651. The van der Waals surface area contributed by atoms with Gasteiger partial charge in [-0.05, 0) is 50.4 Å². The number of hydrogen-bond donors (Lipinski definition) is 0. The van der Waals surface area contributed by atoms with Crippen molar-refractivity contribution in [2.45, 2.75) is 32.6 Å². The zero-order valence-electron chi connectivity index (χ0n) is 8.93. The summed E-state index contributed by atoms with van der Waals surface area (Å²) in [4.78, 5) is 0. The molecule has 0 aliphatic rings. The summed E-state index contributed by atoms with van der Waals surface area (Å²) in [6.45, 7) is 3.01. The van der Waals surface area contributed by atoms with E-state index in [1.807, 2.05) is 18.2 Å². The second kappa shape index (κ2) is 7.29. The summed E-state index contributed by atoms with van der Waals surface area (Å²) in [5.74, 6) is 0.911. The molecule has 0 fully saturated rings. The largest absolute Gasteiger partial charge is 0.491 e. The van der Waals surface area contributed by atoms with Crippen molar-refractivity contribution in [1.29, 1.82) is 0 Å². The predicted molar refractivity (Wildman–Crippen MR) is 71.5 cm³/mol. The van der Waals surface area contributed by atoms with Crippen LogP contribution in [-0.2, 0) is 0 Å². The topological polar surface area (TPSA) is 9.23 Å². The van der Waals surface area contributed by atoms with Crippen LogP contribution < -0.4 is 4.74 Å². The van der Waals surface area contributed by atoms with Crippen LogP contribution in [0.4, 0.5) is 0 Å². The highest BCUT2D eigenvalue weighted by molar-refractivity contribution is 9.11. The van der Waals surface area contributed by atoms with Gasteiger partial charge in [0, 0.05) is 0 Å². The van der Waals surface area contributed by atoms with Gasteiger partial charge in [-0.1, -0.05) is 32.3 Å². The van der Waals surface area contributed by atoms with Gasteiger partial charge in [0.2, 0.25) is 0 Å². The van der Waals surface area contributed by atoms with Crippen LogP contribution in [0.3, 0.4) is 0 Å². The van der Waals surface area contributed by atoms with Crippen LogP contribution in [0.2, 0.25) is 0 Å². The Bertz CT molecular complexity index is 279. The van der Waals surface area contributed by atoms with Crippen LogP contribution in [0.25, 0.3) is 0 Å². The second-order valence-corrected chi connectivity index (χ2v) is 5.17. The summed E-state index contributed by atoms with van der Waals surface area (Å²) in [6.07, 6.45) is 4.93. The number of unbranched alkanes of at least 4 members (excludes halogenated alkanes) is 3. The van der Waals surface area contributed by atoms with Gasteiger partial charge in [-0.2, -0.15) is 0 Å². The van der Waals surface area contributed by atoms with E-state index in [1.54, 1.807) is 0 Å². The lowest BCUT2D eigenvalue weighted by atomic mass is 10.2. The summed E-state index contributed by atoms with van der Waals surface area (Å²) >= 11 is 6.95. The summed E-state index contributed by atoms with van der Waals surface area (Å²) in [6, 6.07) is 5.97. The minimum Gasteiger partial charge on any atom is -0.491 e. The first-order valence-electron chi connectivity index (χ1n) is 5.32. The smallest absolute Gasteiger partial charge is 0.147 e. The summed E-state index contributed by atoms with van der Waals surface area (Å²) in [5.41, 5.74) is 0. The van der Waals surface area contributed by atoms with E-state index in [1.165, 1.54) is 19.3 Å². The molecular formula is C12H16Br2O. The number of ether oxygens (including phenoxy) is 1. The van der Waals surface area contributed by atoms with Crippen molar-refractivity contribution >= 4 is 31.9 Å². The van der Waals surface area contributed by atoms with E-state index in [-0.39, 0.29) is 0 Å². The van der Waals surface area contributed by atoms with Crippen LogP contribution >= 0.6 is 31.9 Å². The van der Waals surface area contributed by atoms with Crippen molar-refractivity contribution < 1.29 is 4.74 Å². The van der Waals surface area contributed by atoms with E-state index in [2.05, 4.69) is 38.8 Å². The third-order valence-corrected chi connectivity index (χ3v) is 3.41. The van der Waals surface area contributed by atoms with Gasteiger partial charge in [-0.15, -0.1) is 0 Å². The Morgan fingerprint density at radius 2 is 1.73 bits per heavy atom. The highest BCUT2D eigenvalue weighted by Crippen LogP contribution is 2.33. The molecule has 3 heteroatoms. The molecule has 84 valence electrons. The third kappa shape index (κ3) is 4.56. The molecule has 0 aliphatic heterocycles. The zero-order chi connectivity index (χ0) is 11.1. The fraction of sp³-hybridized carbons (Fsp3) is 0.500. The van der Waals surface area contributed by atoms with Crippen molar-refractivity contribution in [3.8, 4) is 5.75 Å². The number of rotatable bonds is 6. The lowest BCUT2D eigenvalue weighted by Crippen LogP contribution is -1.98. The monoisotopic (exact) mass is 334 g/mol. The van der Waals surface area contributed by atoms with Crippen molar-refractivity contribution in [2.75, 3.05) is 6.61 Å². The minimum atomic E-state index is 0.793. The Kier molecular flexibility index (Phi) is 6.34. The lowest BCUT2D eigenvalue weighted by molar-refractivity contribution is 0.301. The summed E-state index contributed by atoms with van der Waals surface area (Å²) in [5, 5.41) is 0. The highest BCUT2D eigenvalue weighted by Gasteiger charge is 2.04. The van der Waals surface area contributed by atoms with E-state index in [4.69, 9.17) is 4.74 Å². The molecule has 0 unspecified atom stereocenters. The van der Waals surface area contributed by atoms with Crippen LogP contribution in [0.15, 0.2) is 27.1 Å². The van der Waals surface area contributed by atoms with Gasteiger partial charge in [0.15, 0.2) is 0 Å². The molecule has 0 N–H and O–H groups in total. The van der Waals surface area contributed by atoms with Gasteiger partial charge in [0.25, 0.3) is 0 Å². The Balaban J connectivity index is 2.37. The fourth-order valence-corrected chi connectivity index (χ4v) is 2.55. The maximum absolute atomic E-state index is 5.72. The molecule has 1 aromatic rings. The molecular weight excluding hydrogens is 320 g/mol.